The zero-order valence-corrected chi connectivity index (χ0v) is 10.9. The monoisotopic (exact) mass is 226 g/mol. The van der Waals surface area contributed by atoms with E-state index in [1.54, 1.807) is 0 Å². The molecule has 1 saturated carbocycles. The highest BCUT2D eigenvalue weighted by molar-refractivity contribution is 4.92. The molecule has 0 aromatic carbocycles. The van der Waals surface area contributed by atoms with Gasteiger partial charge in [0, 0.05) is 12.1 Å². The Labute approximate surface area is 99.3 Å². The van der Waals surface area contributed by atoms with Crippen molar-refractivity contribution in [1.29, 1.82) is 0 Å². The van der Waals surface area contributed by atoms with Gasteiger partial charge >= 0.3 is 0 Å². The molecule has 0 amide bonds. The van der Waals surface area contributed by atoms with Crippen LogP contribution in [0.5, 0.6) is 0 Å². The van der Waals surface area contributed by atoms with Crippen molar-refractivity contribution in [2.75, 3.05) is 6.54 Å². The molecule has 1 aliphatic heterocycles. The average molecular weight is 226 g/mol. The molecule has 3 unspecified atom stereocenters. The third kappa shape index (κ3) is 3.19. The first-order chi connectivity index (χ1) is 7.56. The Morgan fingerprint density at radius 1 is 1.12 bits per heavy atom. The Hall–Kier alpha value is -0.120. The minimum atomic E-state index is -0.0871. The molecular formula is C13H26N2O. The fourth-order valence-electron chi connectivity index (χ4n) is 2.95. The lowest BCUT2D eigenvalue weighted by atomic mass is 9.93. The summed E-state index contributed by atoms with van der Waals surface area (Å²) >= 11 is 0. The van der Waals surface area contributed by atoms with Gasteiger partial charge < -0.3 is 5.32 Å². The van der Waals surface area contributed by atoms with Crippen LogP contribution in [0.2, 0.25) is 0 Å². The maximum atomic E-state index is 5.73. The van der Waals surface area contributed by atoms with Crippen LogP contribution in [0.15, 0.2) is 0 Å². The lowest BCUT2D eigenvalue weighted by Crippen LogP contribution is -2.44. The van der Waals surface area contributed by atoms with E-state index in [1.165, 1.54) is 38.6 Å². The van der Waals surface area contributed by atoms with Crippen LogP contribution >= 0.6 is 0 Å². The standard InChI is InChI=1S/C13H26N2O/c1-13(2,3)16-15-12-7-4-6-10(12)11-8-5-9-14-11/h10-12,14-15H,4-9H2,1-3H3. The van der Waals surface area contributed by atoms with Gasteiger partial charge in [0.2, 0.25) is 0 Å². The summed E-state index contributed by atoms with van der Waals surface area (Å²) in [5.41, 5.74) is 3.22. The Kier molecular flexibility index (Phi) is 3.88. The van der Waals surface area contributed by atoms with E-state index >= 15 is 0 Å². The van der Waals surface area contributed by atoms with E-state index in [4.69, 9.17) is 4.84 Å². The quantitative estimate of drug-likeness (QED) is 0.724. The van der Waals surface area contributed by atoms with Crippen molar-refractivity contribution in [3.8, 4) is 0 Å². The molecule has 0 aromatic rings. The van der Waals surface area contributed by atoms with Gasteiger partial charge in [-0.25, -0.2) is 0 Å². The van der Waals surface area contributed by atoms with Crippen LogP contribution in [0.3, 0.4) is 0 Å². The van der Waals surface area contributed by atoms with Crippen LogP contribution in [0.1, 0.15) is 52.9 Å². The molecule has 2 rings (SSSR count). The topological polar surface area (TPSA) is 33.3 Å². The van der Waals surface area contributed by atoms with Gasteiger partial charge in [-0.05, 0) is 58.9 Å². The van der Waals surface area contributed by atoms with Crippen LogP contribution in [0, 0.1) is 5.92 Å². The van der Waals surface area contributed by atoms with Crippen molar-refractivity contribution < 1.29 is 4.84 Å². The third-order valence-electron chi connectivity index (χ3n) is 3.70. The molecule has 0 radical (unpaired) electrons. The Bertz CT molecular complexity index is 218. The molecule has 16 heavy (non-hydrogen) atoms. The lowest BCUT2D eigenvalue weighted by Gasteiger charge is -2.29. The van der Waals surface area contributed by atoms with Gasteiger partial charge in [-0.15, -0.1) is 0 Å². The van der Waals surface area contributed by atoms with Crippen LogP contribution in [0.4, 0.5) is 0 Å². The summed E-state index contributed by atoms with van der Waals surface area (Å²) in [6, 6.07) is 1.28. The minimum absolute atomic E-state index is 0.0871. The Morgan fingerprint density at radius 3 is 2.56 bits per heavy atom. The summed E-state index contributed by atoms with van der Waals surface area (Å²) in [5, 5.41) is 3.63. The molecule has 2 N–H and O–H groups in total. The van der Waals surface area contributed by atoms with Gasteiger partial charge in [0.25, 0.3) is 0 Å². The number of nitrogens with one attached hydrogen (secondary N) is 2. The molecule has 2 aliphatic rings. The SMILES string of the molecule is CC(C)(C)ONC1CCCC1C1CCCN1. The summed E-state index contributed by atoms with van der Waals surface area (Å²) < 4.78 is 0. The van der Waals surface area contributed by atoms with Crippen molar-refractivity contribution in [1.82, 2.24) is 10.8 Å². The van der Waals surface area contributed by atoms with E-state index in [9.17, 15) is 0 Å². The van der Waals surface area contributed by atoms with Gasteiger partial charge in [-0.2, -0.15) is 5.48 Å². The summed E-state index contributed by atoms with van der Waals surface area (Å²) in [4.78, 5) is 5.73. The molecule has 3 atom stereocenters. The number of rotatable bonds is 3. The van der Waals surface area contributed by atoms with Gasteiger partial charge in [0.15, 0.2) is 0 Å². The van der Waals surface area contributed by atoms with Gasteiger partial charge in [-0.3, -0.25) is 4.84 Å². The Balaban J connectivity index is 1.83. The predicted molar refractivity (Wildman–Crippen MR) is 66.1 cm³/mol. The first-order valence-electron chi connectivity index (χ1n) is 6.73. The molecule has 3 nitrogen and oxygen atoms in total. The van der Waals surface area contributed by atoms with Crippen LogP contribution in [-0.4, -0.2) is 24.2 Å². The smallest absolute Gasteiger partial charge is 0.0813 e. The second kappa shape index (κ2) is 5.03. The maximum absolute atomic E-state index is 5.73. The lowest BCUT2D eigenvalue weighted by molar-refractivity contribution is -0.0945. The van der Waals surface area contributed by atoms with E-state index in [0.29, 0.717) is 6.04 Å². The van der Waals surface area contributed by atoms with E-state index in [1.807, 2.05) is 0 Å². The molecule has 0 spiro atoms. The summed E-state index contributed by atoms with van der Waals surface area (Å²) in [5.74, 6) is 0.768. The molecular weight excluding hydrogens is 200 g/mol. The molecule has 1 aliphatic carbocycles. The van der Waals surface area contributed by atoms with Crippen molar-refractivity contribution in [2.24, 2.45) is 5.92 Å². The van der Waals surface area contributed by atoms with Crippen LogP contribution < -0.4 is 10.8 Å². The van der Waals surface area contributed by atoms with Crippen LogP contribution in [-0.2, 0) is 4.84 Å². The summed E-state index contributed by atoms with van der Waals surface area (Å²) in [7, 11) is 0. The van der Waals surface area contributed by atoms with Crippen LogP contribution in [0.25, 0.3) is 0 Å². The summed E-state index contributed by atoms with van der Waals surface area (Å²) in [6.45, 7) is 7.49. The number of hydrogen-bond acceptors (Lipinski definition) is 3. The molecule has 2 fully saturated rings. The third-order valence-corrected chi connectivity index (χ3v) is 3.70. The number of hydroxylamine groups is 1. The molecule has 0 bridgehead atoms. The van der Waals surface area contributed by atoms with E-state index in [-0.39, 0.29) is 5.60 Å². The predicted octanol–water partition coefficient (Wildman–Crippen LogP) is 2.23. The van der Waals surface area contributed by atoms with Crippen molar-refractivity contribution in [3.05, 3.63) is 0 Å². The van der Waals surface area contributed by atoms with E-state index in [2.05, 4.69) is 31.6 Å². The van der Waals surface area contributed by atoms with Crippen molar-refractivity contribution in [2.45, 2.75) is 70.6 Å². The number of hydrogen-bond donors (Lipinski definition) is 2. The largest absolute Gasteiger partial charge is 0.314 e. The second-order valence-corrected chi connectivity index (χ2v) is 6.24. The highest BCUT2D eigenvalue weighted by Crippen LogP contribution is 2.32. The second-order valence-electron chi connectivity index (χ2n) is 6.24. The van der Waals surface area contributed by atoms with E-state index < -0.39 is 0 Å². The summed E-state index contributed by atoms with van der Waals surface area (Å²) in [6.07, 6.45) is 6.64. The molecule has 3 heteroatoms. The fraction of sp³-hybridized carbons (Fsp3) is 1.00. The average Bonchev–Trinajstić information content (AvgIpc) is 2.84. The zero-order valence-electron chi connectivity index (χ0n) is 10.9. The first-order valence-corrected chi connectivity index (χ1v) is 6.73. The normalized spacial score (nSPS) is 35.8. The maximum Gasteiger partial charge on any atom is 0.0813 e. The highest BCUT2D eigenvalue weighted by Gasteiger charge is 2.35. The first kappa shape index (κ1) is 12.3. The molecule has 0 aromatic heterocycles. The molecule has 94 valence electrons. The highest BCUT2D eigenvalue weighted by atomic mass is 16.7. The van der Waals surface area contributed by atoms with Crippen molar-refractivity contribution >= 4 is 0 Å². The Morgan fingerprint density at radius 2 is 1.94 bits per heavy atom. The van der Waals surface area contributed by atoms with Gasteiger partial charge in [0.05, 0.1) is 5.60 Å². The molecule has 1 saturated heterocycles. The van der Waals surface area contributed by atoms with Gasteiger partial charge in [-0.1, -0.05) is 6.42 Å². The minimum Gasteiger partial charge on any atom is -0.314 e. The van der Waals surface area contributed by atoms with Crippen molar-refractivity contribution in [3.63, 3.8) is 0 Å². The molecule has 1 heterocycles. The van der Waals surface area contributed by atoms with Gasteiger partial charge in [0.1, 0.15) is 0 Å². The zero-order chi connectivity index (χ0) is 11.6. The van der Waals surface area contributed by atoms with E-state index in [0.717, 1.165) is 12.0 Å². The fourth-order valence-corrected chi connectivity index (χ4v) is 2.95.